The molecule has 2 aromatic rings. The molecule has 1 amide bonds. The zero-order chi connectivity index (χ0) is 18.7. The summed E-state index contributed by atoms with van der Waals surface area (Å²) in [5.41, 5.74) is 1.43. The Hall–Kier alpha value is -2.08. The number of amides is 1. The SMILES string of the molecule is CCC(C)(C)NC(=O)COC(=O)c1c(-n2cccc2)sc2c1CCCC2. The molecular weight excluding hydrogens is 348 g/mol. The molecule has 0 atom stereocenters. The fourth-order valence-electron chi connectivity index (χ4n) is 3.12. The Morgan fingerprint density at radius 1 is 1.23 bits per heavy atom. The fourth-order valence-corrected chi connectivity index (χ4v) is 4.46. The summed E-state index contributed by atoms with van der Waals surface area (Å²) < 4.78 is 7.34. The number of hydrogen-bond acceptors (Lipinski definition) is 4. The van der Waals surface area contributed by atoms with E-state index in [1.54, 1.807) is 11.3 Å². The summed E-state index contributed by atoms with van der Waals surface area (Å²) in [6, 6.07) is 3.88. The third-order valence-electron chi connectivity index (χ3n) is 4.89. The number of esters is 1. The molecule has 6 heteroatoms. The number of nitrogens with zero attached hydrogens (tertiary/aromatic N) is 1. The van der Waals surface area contributed by atoms with Gasteiger partial charge in [-0.2, -0.15) is 0 Å². The Kier molecular flexibility index (Phi) is 5.51. The molecule has 2 aromatic heterocycles. The Balaban J connectivity index is 1.79. The highest BCUT2D eigenvalue weighted by molar-refractivity contribution is 7.15. The number of rotatable bonds is 6. The third kappa shape index (κ3) is 4.01. The fraction of sp³-hybridized carbons (Fsp3) is 0.500. The Morgan fingerprint density at radius 3 is 2.62 bits per heavy atom. The molecule has 0 radical (unpaired) electrons. The van der Waals surface area contributed by atoms with Crippen molar-refractivity contribution in [1.29, 1.82) is 0 Å². The second kappa shape index (κ2) is 7.66. The Morgan fingerprint density at radius 2 is 1.92 bits per heavy atom. The van der Waals surface area contributed by atoms with Gasteiger partial charge in [0.05, 0.1) is 5.56 Å². The van der Waals surface area contributed by atoms with Gasteiger partial charge in [0.1, 0.15) is 5.00 Å². The van der Waals surface area contributed by atoms with E-state index >= 15 is 0 Å². The molecule has 5 nitrogen and oxygen atoms in total. The van der Waals surface area contributed by atoms with E-state index in [2.05, 4.69) is 5.32 Å². The van der Waals surface area contributed by atoms with Crippen LogP contribution in [0, 0.1) is 0 Å². The second-order valence-electron chi connectivity index (χ2n) is 7.34. The molecule has 1 aliphatic rings. The summed E-state index contributed by atoms with van der Waals surface area (Å²) in [5, 5.41) is 3.78. The molecule has 0 aromatic carbocycles. The number of fused-ring (bicyclic) bond motifs is 1. The zero-order valence-electron chi connectivity index (χ0n) is 15.6. The van der Waals surface area contributed by atoms with Crippen LogP contribution < -0.4 is 5.32 Å². The molecule has 0 spiro atoms. The molecule has 0 aliphatic heterocycles. The number of aryl methyl sites for hydroxylation is 1. The monoisotopic (exact) mass is 374 g/mol. The Bertz CT molecular complexity index is 790. The first-order valence-corrected chi connectivity index (χ1v) is 9.99. The molecule has 3 rings (SSSR count). The highest BCUT2D eigenvalue weighted by Crippen LogP contribution is 2.37. The van der Waals surface area contributed by atoms with E-state index in [0.29, 0.717) is 5.56 Å². The van der Waals surface area contributed by atoms with Gasteiger partial charge in [0.2, 0.25) is 0 Å². The first-order valence-electron chi connectivity index (χ1n) is 9.17. The molecule has 1 aliphatic carbocycles. The first-order chi connectivity index (χ1) is 12.4. The normalized spacial score (nSPS) is 14.0. The first kappa shape index (κ1) is 18.7. The van der Waals surface area contributed by atoms with Crippen molar-refractivity contribution in [3.63, 3.8) is 0 Å². The van der Waals surface area contributed by atoms with Gasteiger partial charge in [0.25, 0.3) is 5.91 Å². The maximum atomic E-state index is 12.8. The van der Waals surface area contributed by atoms with Gasteiger partial charge in [-0.3, -0.25) is 4.79 Å². The number of thiophene rings is 1. The maximum absolute atomic E-state index is 12.8. The standard InChI is InChI=1S/C20H26N2O3S/c1-4-20(2,3)21-16(23)13-25-19(24)17-14-9-5-6-10-15(14)26-18(17)22-11-7-8-12-22/h7-8,11-12H,4-6,9-10,13H2,1-3H3,(H,21,23). The highest BCUT2D eigenvalue weighted by Gasteiger charge is 2.28. The van der Waals surface area contributed by atoms with Gasteiger partial charge in [-0.1, -0.05) is 6.92 Å². The van der Waals surface area contributed by atoms with Crippen molar-refractivity contribution in [2.45, 2.75) is 58.4 Å². The van der Waals surface area contributed by atoms with Crippen LogP contribution in [-0.2, 0) is 22.4 Å². The predicted molar refractivity (Wildman–Crippen MR) is 103 cm³/mol. The number of hydrogen-bond donors (Lipinski definition) is 1. The van der Waals surface area contributed by atoms with Crippen LogP contribution in [0.15, 0.2) is 24.5 Å². The summed E-state index contributed by atoms with van der Waals surface area (Å²) in [6.45, 7) is 5.66. The van der Waals surface area contributed by atoms with E-state index in [1.165, 1.54) is 4.88 Å². The van der Waals surface area contributed by atoms with Crippen LogP contribution in [0.5, 0.6) is 0 Å². The van der Waals surface area contributed by atoms with Crippen LogP contribution in [0.25, 0.3) is 5.00 Å². The average molecular weight is 375 g/mol. The highest BCUT2D eigenvalue weighted by atomic mass is 32.1. The van der Waals surface area contributed by atoms with Crippen LogP contribution in [0.2, 0.25) is 0 Å². The van der Waals surface area contributed by atoms with Crippen molar-refractivity contribution in [3.05, 3.63) is 40.5 Å². The van der Waals surface area contributed by atoms with Crippen molar-refractivity contribution in [3.8, 4) is 5.00 Å². The van der Waals surface area contributed by atoms with E-state index < -0.39 is 5.97 Å². The van der Waals surface area contributed by atoms with E-state index in [1.807, 2.05) is 49.9 Å². The molecular formula is C20H26N2O3S. The molecule has 0 bridgehead atoms. The number of ether oxygens (including phenoxy) is 1. The van der Waals surface area contributed by atoms with Crippen molar-refractivity contribution >= 4 is 23.2 Å². The predicted octanol–water partition coefficient (Wildman–Crippen LogP) is 3.88. The molecule has 0 unspecified atom stereocenters. The topological polar surface area (TPSA) is 60.3 Å². The third-order valence-corrected chi connectivity index (χ3v) is 6.20. The lowest BCUT2D eigenvalue weighted by Crippen LogP contribution is -2.44. The molecule has 26 heavy (non-hydrogen) atoms. The average Bonchev–Trinajstić information content (AvgIpc) is 3.26. The summed E-state index contributed by atoms with van der Waals surface area (Å²) in [4.78, 5) is 26.2. The zero-order valence-corrected chi connectivity index (χ0v) is 16.4. The number of carbonyl (C=O) groups is 2. The van der Waals surface area contributed by atoms with Gasteiger partial charge in [0, 0.05) is 22.8 Å². The van der Waals surface area contributed by atoms with Crippen molar-refractivity contribution in [1.82, 2.24) is 9.88 Å². The van der Waals surface area contributed by atoms with Gasteiger partial charge in [-0.25, -0.2) is 4.79 Å². The minimum atomic E-state index is -0.405. The Labute approximate surface area is 158 Å². The van der Waals surface area contributed by atoms with Crippen LogP contribution in [0.4, 0.5) is 0 Å². The minimum absolute atomic E-state index is 0.252. The summed E-state index contributed by atoms with van der Waals surface area (Å²) >= 11 is 1.66. The lowest BCUT2D eigenvalue weighted by molar-refractivity contribution is -0.125. The summed E-state index contributed by atoms with van der Waals surface area (Å²) in [7, 11) is 0. The van der Waals surface area contributed by atoms with Crippen molar-refractivity contribution in [2.24, 2.45) is 0 Å². The molecule has 0 saturated heterocycles. The van der Waals surface area contributed by atoms with E-state index in [9.17, 15) is 9.59 Å². The van der Waals surface area contributed by atoms with Crippen LogP contribution in [-0.4, -0.2) is 28.6 Å². The van der Waals surface area contributed by atoms with Crippen LogP contribution >= 0.6 is 11.3 Å². The quantitative estimate of drug-likeness (QED) is 0.781. The number of aromatic nitrogens is 1. The van der Waals surface area contributed by atoms with Crippen LogP contribution in [0.1, 0.15) is 60.8 Å². The van der Waals surface area contributed by atoms with E-state index in [-0.39, 0.29) is 18.1 Å². The van der Waals surface area contributed by atoms with Gasteiger partial charge >= 0.3 is 5.97 Å². The van der Waals surface area contributed by atoms with Crippen LogP contribution in [0.3, 0.4) is 0 Å². The maximum Gasteiger partial charge on any atom is 0.341 e. The van der Waals surface area contributed by atoms with Gasteiger partial charge in [-0.15, -0.1) is 11.3 Å². The summed E-state index contributed by atoms with van der Waals surface area (Å²) in [5.74, 6) is -0.672. The molecule has 0 fully saturated rings. The molecule has 2 heterocycles. The number of carbonyl (C=O) groups excluding carboxylic acids is 2. The molecule has 1 N–H and O–H groups in total. The second-order valence-corrected chi connectivity index (χ2v) is 8.43. The smallest absolute Gasteiger partial charge is 0.341 e. The molecule has 0 saturated carbocycles. The van der Waals surface area contributed by atoms with E-state index in [4.69, 9.17) is 4.74 Å². The largest absolute Gasteiger partial charge is 0.452 e. The number of nitrogens with one attached hydrogen (secondary N) is 1. The van der Waals surface area contributed by atoms with Crippen molar-refractivity contribution in [2.75, 3.05) is 6.61 Å². The summed E-state index contributed by atoms with van der Waals surface area (Å²) in [6.07, 6.45) is 8.82. The van der Waals surface area contributed by atoms with Gasteiger partial charge in [0.15, 0.2) is 6.61 Å². The van der Waals surface area contributed by atoms with Gasteiger partial charge in [-0.05, 0) is 63.6 Å². The van der Waals surface area contributed by atoms with Crippen molar-refractivity contribution < 1.29 is 14.3 Å². The lowest BCUT2D eigenvalue weighted by Gasteiger charge is -2.24. The minimum Gasteiger partial charge on any atom is -0.452 e. The lowest BCUT2D eigenvalue weighted by atomic mass is 9.95. The van der Waals surface area contributed by atoms with E-state index in [0.717, 1.165) is 42.7 Å². The molecule has 140 valence electrons. The van der Waals surface area contributed by atoms with Gasteiger partial charge < -0.3 is 14.6 Å².